The number of benzene rings is 2. The molecular formula is C14H10F3N3OS. The zero-order valence-corrected chi connectivity index (χ0v) is 11.8. The minimum absolute atomic E-state index is 0.0834. The molecule has 0 saturated heterocycles. The molecule has 4 N–H and O–H groups in total. The van der Waals surface area contributed by atoms with Gasteiger partial charge in [-0.3, -0.25) is 10.1 Å². The summed E-state index contributed by atoms with van der Waals surface area (Å²) in [5.41, 5.74) is 6.25. The number of nitrogens with one attached hydrogen (secondary N) is 2. The van der Waals surface area contributed by atoms with E-state index in [9.17, 15) is 18.0 Å². The Hall–Kier alpha value is -2.61. The maximum atomic E-state index is 13.1. The summed E-state index contributed by atoms with van der Waals surface area (Å²) in [5.74, 6) is -5.42. The maximum Gasteiger partial charge on any atom is 0.257 e. The Labute approximate surface area is 129 Å². The van der Waals surface area contributed by atoms with Crippen molar-refractivity contribution in [2.24, 2.45) is 0 Å². The topological polar surface area (TPSA) is 67.2 Å². The smallest absolute Gasteiger partial charge is 0.257 e. The summed E-state index contributed by atoms with van der Waals surface area (Å²) < 4.78 is 39.0. The number of carbonyl (C=O) groups is 1. The summed E-state index contributed by atoms with van der Waals surface area (Å²) >= 11 is 4.90. The third-order valence-electron chi connectivity index (χ3n) is 2.64. The van der Waals surface area contributed by atoms with E-state index in [4.69, 9.17) is 18.0 Å². The van der Waals surface area contributed by atoms with Crippen LogP contribution in [0.1, 0.15) is 10.4 Å². The molecule has 1 amide bonds. The summed E-state index contributed by atoms with van der Waals surface area (Å²) in [5, 5.41) is 4.84. The van der Waals surface area contributed by atoms with Gasteiger partial charge in [0.15, 0.2) is 22.6 Å². The van der Waals surface area contributed by atoms with E-state index >= 15 is 0 Å². The fourth-order valence-electron chi connectivity index (χ4n) is 1.59. The SMILES string of the molecule is Nc1ccc(NC(=S)NC(=O)c2cc(F)c(F)c(F)c2)cc1. The molecule has 0 aliphatic heterocycles. The zero-order chi connectivity index (χ0) is 16.3. The normalized spacial score (nSPS) is 10.1. The molecule has 4 nitrogen and oxygen atoms in total. The van der Waals surface area contributed by atoms with Crippen LogP contribution in [0.25, 0.3) is 0 Å². The minimum Gasteiger partial charge on any atom is -0.399 e. The molecule has 0 aliphatic carbocycles. The lowest BCUT2D eigenvalue weighted by atomic mass is 10.2. The Bertz CT molecular complexity index is 712. The number of anilines is 2. The number of hydrogen-bond acceptors (Lipinski definition) is 3. The van der Waals surface area contributed by atoms with Gasteiger partial charge in [0, 0.05) is 16.9 Å². The van der Waals surface area contributed by atoms with Gasteiger partial charge in [-0.25, -0.2) is 13.2 Å². The average Bonchev–Trinajstić information content (AvgIpc) is 2.46. The zero-order valence-electron chi connectivity index (χ0n) is 11.0. The van der Waals surface area contributed by atoms with Crippen molar-refractivity contribution in [3.8, 4) is 0 Å². The second kappa shape index (κ2) is 6.44. The Balaban J connectivity index is 2.05. The first-order valence-corrected chi connectivity index (χ1v) is 6.40. The Morgan fingerprint density at radius 1 is 1.05 bits per heavy atom. The van der Waals surface area contributed by atoms with E-state index < -0.39 is 28.9 Å². The van der Waals surface area contributed by atoms with Crippen LogP contribution in [-0.4, -0.2) is 11.0 Å². The van der Waals surface area contributed by atoms with Crippen molar-refractivity contribution >= 4 is 34.6 Å². The van der Waals surface area contributed by atoms with Crippen molar-refractivity contribution in [3.63, 3.8) is 0 Å². The number of rotatable bonds is 2. The molecule has 8 heteroatoms. The van der Waals surface area contributed by atoms with Gasteiger partial charge in [0.05, 0.1) is 0 Å². The van der Waals surface area contributed by atoms with Gasteiger partial charge in [0.25, 0.3) is 5.91 Å². The van der Waals surface area contributed by atoms with Crippen LogP contribution < -0.4 is 16.4 Å². The highest BCUT2D eigenvalue weighted by atomic mass is 32.1. The largest absolute Gasteiger partial charge is 0.399 e. The van der Waals surface area contributed by atoms with Gasteiger partial charge in [-0.05, 0) is 48.6 Å². The number of nitrogens with two attached hydrogens (primary N) is 1. The first-order valence-electron chi connectivity index (χ1n) is 5.99. The standard InChI is InChI=1S/C14H10F3N3OS/c15-10-5-7(6-11(16)12(10)17)13(21)20-14(22)19-9-3-1-8(18)2-4-9/h1-6H,18H2,(H2,19,20,21,22). The second-order valence-electron chi connectivity index (χ2n) is 4.28. The highest BCUT2D eigenvalue weighted by Gasteiger charge is 2.15. The van der Waals surface area contributed by atoms with Crippen LogP contribution in [0, 0.1) is 17.5 Å². The summed E-state index contributed by atoms with van der Waals surface area (Å²) in [6.45, 7) is 0. The maximum absolute atomic E-state index is 13.1. The molecule has 0 radical (unpaired) electrons. The van der Waals surface area contributed by atoms with Gasteiger partial charge >= 0.3 is 0 Å². The van der Waals surface area contributed by atoms with Crippen molar-refractivity contribution in [1.29, 1.82) is 0 Å². The minimum atomic E-state index is -1.64. The van der Waals surface area contributed by atoms with Crippen LogP contribution in [0.5, 0.6) is 0 Å². The highest BCUT2D eigenvalue weighted by molar-refractivity contribution is 7.80. The number of nitrogen functional groups attached to an aromatic ring is 1. The van der Waals surface area contributed by atoms with E-state index in [1.807, 2.05) is 0 Å². The lowest BCUT2D eigenvalue weighted by Gasteiger charge is -2.10. The summed E-state index contributed by atoms with van der Waals surface area (Å²) in [4.78, 5) is 11.8. The molecule has 2 aromatic carbocycles. The van der Waals surface area contributed by atoms with Gasteiger partial charge in [0.1, 0.15) is 0 Å². The molecule has 0 heterocycles. The van der Waals surface area contributed by atoms with Gasteiger partial charge < -0.3 is 11.1 Å². The lowest BCUT2D eigenvalue weighted by molar-refractivity contribution is 0.0976. The van der Waals surface area contributed by atoms with E-state index in [-0.39, 0.29) is 5.11 Å². The van der Waals surface area contributed by atoms with Crippen LogP contribution in [0.3, 0.4) is 0 Å². The summed E-state index contributed by atoms with van der Waals surface area (Å²) in [6, 6.07) is 7.67. The molecule has 114 valence electrons. The van der Waals surface area contributed by atoms with Crippen molar-refractivity contribution in [2.75, 3.05) is 11.1 Å². The predicted molar refractivity (Wildman–Crippen MR) is 80.9 cm³/mol. The number of thiocarbonyl (C=S) groups is 1. The Morgan fingerprint density at radius 3 is 2.14 bits per heavy atom. The molecule has 0 atom stereocenters. The highest BCUT2D eigenvalue weighted by Crippen LogP contribution is 2.14. The van der Waals surface area contributed by atoms with Crippen molar-refractivity contribution < 1.29 is 18.0 Å². The van der Waals surface area contributed by atoms with Crippen molar-refractivity contribution in [3.05, 3.63) is 59.4 Å². The van der Waals surface area contributed by atoms with E-state index in [0.29, 0.717) is 23.5 Å². The monoisotopic (exact) mass is 325 g/mol. The van der Waals surface area contributed by atoms with Crippen LogP contribution in [0.15, 0.2) is 36.4 Å². The first-order chi connectivity index (χ1) is 10.4. The molecule has 0 spiro atoms. The number of hydrogen-bond donors (Lipinski definition) is 3. The predicted octanol–water partition coefficient (Wildman–Crippen LogP) is 2.81. The molecule has 0 bridgehead atoms. The van der Waals surface area contributed by atoms with Gasteiger partial charge in [-0.15, -0.1) is 0 Å². The lowest BCUT2D eigenvalue weighted by Crippen LogP contribution is -2.34. The molecule has 0 aromatic heterocycles. The van der Waals surface area contributed by atoms with Crippen molar-refractivity contribution in [1.82, 2.24) is 5.32 Å². The summed E-state index contributed by atoms with van der Waals surface area (Å²) in [7, 11) is 0. The first kappa shape index (κ1) is 15.8. The number of amides is 1. The summed E-state index contributed by atoms with van der Waals surface area (Å²) in [6.07, 6.45) is 0. The fraction of sp³-hybridized carbons (Fsp3) is 0. The van der Waals surface area contributed by atoms with Crippen LogP contribution in [0.2, 0.25) is 0 Å². The quantitative estimate of drug-likeness (QED) is 0.451. The molecular weight excluding hydrogens is 315 g/mol. The number of carbonyl (C=O) groups excluding carboxylic acids is 1. The van der Waals surface area contributed by atoms with Gasteiger partial charge in [0.2, 0.25) is 0 Å². The van der Waals surface area contributed by atoms with E-state index in [2.05, 4.69) is 10.6 Å². The van der Waals surface area contributed by atoms with E-state index in [1.165, 1.54) is 0 Å². The van der Waals surface area contributed by atoms with E-state index in [1.54, 1.807) is 24.3 Å². The Kier molecular flexibility index (Phi) is 4.62. The average molecular weight is 325 g/mol. The molecule has 0 unspecified atom stereocenters. The Morgan fingerprint density at radius 2 is 1.59 bits per heavy atom. The van der Waals surface area contributed by atoms with Gasteiger partial charge in [-0.1, -0.05) is 0 Å². The number of halogens is 3. The molecule has 22 heavy (non-hydrogen) atoms. The third kappa shape index (κ3) is 3.73. The fourth-order valence-corrected chi connectivity index (χ4v) is 1.80. The van der Waals surface area contributed by atoms with Crippen LogP contribution in [-0.2, 0) is 0 Å². The van der Waals surface area contributed by atoms with Crippen molar-refractivity contribution in [2.45, 2.75) is 0 Å². The molecule has 2 aromatic rings. The molecule has 0 aliphatic rings. The molecule has 0 saturated carbocycles. The van der Waals surface area contributed by atoms with Crippen LogP contribution in [0.4, 0.5) is 24.5 Å². The molecule has 0 fully saturated rings. The van der Waals surface area contributed by atoms with E-state index in [0.717, 1.165) is 0 Å². The molecule has 2 rings (SSSR count). The second-order valence-corrected chi connectivity index (χ2v) is 4.69. The third-order valence-corrected chi connectivity index (χ3v) is 2.85. The van der Waals surface area contributed by atoms with Crippen LogP contribution >= 0.6 is 12.2 Å². The van der Waals surface area contributed by atoms with Gasteiger partial charge in [-0.2, -0.15) is 0 Å².